The van der Waals surface area contributed by atoms with E-state index < -0.39 is 0 Å². The molecule has 1 heterocycles. The van der Waals surface area contributed by atoms with E-state index >= 15 is 0 Å². The molecule has 0 spiro atoms. The Morgan fingerprint density at radius 3 is 2.75 bits per heavy atom. The molecule has 2 rings (SSSR count). The Hall–Kier alpha value is -0.120. The van der Waals surface area contributed by atoms with Crippen molar-refractivity contribution in [1.29, 1.82) is 0 Å². The van der Waals surface area contributed by atoms with Crippen LogP contribution in [0.25, 0.3) is 0 Å². The van der Waals surface area contributed by atoms with E-state index in [9.17, 15) is 0 Å². The molecule has 0 aromatic heterocycles. The number of hydrogen-bond donors (Lipinski definition) is 1. The fourth-order valence-electron chi connectivity index (χ4n) is 3.23. The molecule has 0 aromatic rings. The molecular formula is C13H26N2O. The maximum Gasteiger partial charge on any atom is 0.0702 e. The van der Waals surface area contributed by atoms with Gasteiger partial charge in [-0.15, -0.1) is 0 Å². The second-order valence-corrected chi connectivity index (χ2v) is 5.23. The summed E-state index contributed by atoms with van der Waals surface area (Å²) < 4.78 is 5.76. The quantitative estimate of drug-likeness (QED) is 0.797. The van der Waals surface area contributed by atoms with E-state index in [1.165, 1.54) is 45.1 Å². The lowest BCUT2D eigenvalue weighted by Crippen LogP contribution is -2.54. The molecule has 0 bridgehead atoms. The molecule has 3 heteroatoms. The normalized spacial score (nSPS) is 37.5. The van der Waals surface area contributed by atoms with Crippen LogP contribution in [-0.4, -0.2) is 42.8 Å². The fourth-order valence-corrected chi connectivity index (χ4v) is 3.23. The van der Waals surface area contributed by atoms with Gasteiger partial charge in [0.05, 0.1) is 6.10 Å². The molecule has 2 N–H and O–H groups in total. The Kier molecular flexibility index (Phi) is 4.62. The highest BCUT2D eigenvalue weighted by molar-refractivity contribution is 4.88. The molecule has 3 atom stereocenters. The van der Waals surface area contributed by atoms with Gasteiger partial charge in [0.25, 0.3) is 0 Å². The maximum absolute atomic E-state index is 6.25. The van der Waals surface area contributed by atoms with Gasteiger partial charge in [0, 0.05) is 25.2 Å². The van der Waals surface area contributed by atoms with E-state index in [4.69, 9.17) is 10.5 Å². The van der Waals surface area contributed by atoms with E-state index in [2.05, 4.69) is 11.8 Å². The lowest BCUT2D eigenvalue weighted by Gasteiger charge is -2.42. The molecule has 2 fully saturated rings. The van der Waals surface area contributed by atoms with Gasteiger partial charge in [-0.3, -0.25) is 4.90 Å². The number of ether oxygens (including phenoxy) is 1. The maximum atomic E-state index is 6.25. The van der Waals surface area contributed by atoms with Crippen LogP contribution < -0.4 is 5.73 Å². The van der Waals surface area contributed by atoms with Gasteiger partial charge in [-0.05, 0) is 39.2 Å². The molecule has 16 heavy (non-hydrogen) atoms. The summed E-state index contributed by atoms with van der Waals surface area (Å²) in [5, 5.41) is 0. The van der Waals surface area contributed by atoms with Crippen molar-refractivity contribution in [3.8, 4) is 0 Å². The van der Waals surface area contributed by atoms with Gasteiger partial charge in [-0.25, -0.2) is 0 Å². The zero-order valence-electron chi connectivity index (χ0n) is 10.5. The number of likely N-dealkylation sites (tertiary alicyclic amines) is 1. The van der Waals surface area contributed by atoms with Gasteiger partial charge < -0.3 is 10.5 Å². The van der Waals surface area contributed by atoms with Crippen molar-refractivity contribution in [1.82, 2.24) is 4.90 Å². The van der Waals surface area contributed by atoms with Crippen LogP contribution in [-0.2, 0) is 4.74 Å². The van der Waals surface area contributed by atoms with Crippen LogP contribution in [0, 0.1) is 0 Å². The summed E-state index contributed by atoms with van der Waals surface area (Å²) in [4.78, 5) is 2.59. The Morgan fingerprint density at radius 1 is 1.19 bits per heavy atom. The van der Waals surface area contributed by atoms with Crippen LogP contribution in [0.3, 0.4) is 0 Å². The monoisotopic (exact) mass is 226 g/mol. The molecule has 2 aliphatic rings. The van der Waals surface area contributed by atoms with Gasteiger partial charge in [0.15, 0.2) is 0 Å². The molecule has 0 radical (unpaired) electrons. The Balaban J connectivity index is 1.87. The van der Waals surface area contributed by atoms with E-state index in [0.29, 0.717) is 18.2 Å². The van der Waals surface area contributed by atoms with E-state index in [-0.39, 0.29) is 0 Å². The first-order chi connectivity index (χ1) is 7.81. The van der Waals surface area contributed by atoms with Crippen LogP contribution in [0.15, 0.2) is 0 Å². The second kappa shape index (κ2) is 5.99. The van der Waals surface area contributed by atoms with Crippen molar-refractivity contribution in [2.45, 2.75) is 63.6 Å². The number of nitrogens with two attached hydrogens (primary N) is 1. The molecule has 1 saturated carbocycles. The van der Waals surface area contributed by atoms with Crippen LogP contribution in [0.5, 0.6) is 0 Å². The Labute approximate surface area is 99.3 Å². The van der Waals surface area contributed by atoms with Crippen molar-refractivity contribution in [2.75, 3.05) is 19.7 Å². The topological polar surface area (TPSA) is 38.5 Å². The van der Waals surface area contributed by atoms with Crippen LogP contribution >= 0.6 is 0 Å². The van der Waals surface area contributed by atoms with Crippen molar-refractivity contribution < 1.29 is 4.74 Å². The van der Waals surface area contributed by atoms with E-state index in [1.807, 2.05) is 0 Å². The van der Waals surface area contributed by atoms with Crippen molar-refractivity contribution in [2.24, 2.45) is 5.73 Å². The van der Waals surface area contributed by atoms with Gasteiger partial charge in [-0.1, -0.05) is 12.8 Å². The molecule has 94 valence electrons. The average Bonchev–Trinajstić information content (AvgIpc) is 2.30. The number of hydrogen-bond acceptors (Lipinski definition) is 3. The predicted octanol–water partition coefficient (Wildman–Crippen LogP) is 1.76. The molecule has 1 aliphatic carbocycles. The summed E-state index contributed by atoms with van der Waals surface area (Å²) in [5.41, 5.74) is 6.25. The molecule has 3 unspecified atom stereocenters. The van der Waals surface area contributed by atoms with Gasteiger partial charge in [-0.2, -0.15) is 0 Å². The highest BCUT2D eigenvalue weighted by atomic mass is 16.5. The minimum absolute atomic E-state index is 0.397. The molecule has 3 nitrogen and oxygen atoms in total. The second-order valence-electron chi connectivity index (χ2n) is 5.23. The summed E-state index contributed by atoms with van der Waals surface area (Å²) in [6.45, 7) is 5.26. The third-order valence-electron chi connectivity index (χ3n) is 4.06. The molecule has 0 aromatic carbocycles. The highest BCUT2D eigenvalue weighted by Gasteiger charge is 2.31. The highest BCUT2D eigenvalue weighted by Crippen LogP contribution is 2.25. The third kappa shape index (κ3) is 2.96. The SMILES string of the molecule is CCOC1CCCN(C2CCCCC2N)C1. The van der Waals surface area contributed by atoms with E-state index in [0.717, 1.165) is 13.2 Å². The molecular weight excluding hydrogens is 200 g/mol. The molecule has 1 aliphatic heterocycles. The zero-order chi connectivity index (χ0) is 11.4. The summed E-state index contributed by atoms with van der Waals surface area (Å²) in [6, 6.07) is 1.02. The summed E-state index contributed by atoms with van der Waals surface area (Å²) in [5.74, 6) is 0. The molecule has 0 amide bonds. The van der Waals surface area contributed by atoms with Crippen LogP contribution in [0.1, 0.15) is 45.4 Å². The van der Waals surface area contributed by atoms with Gasteiger partial charge >= 0.3 is 0 Å². The van der Waals surface area contributed by atoms with Gasteiger partial charge in [0.1, 0.15) is 0 Å². The lowest BCUT2D eigenvalue weighted by molar-refractivity contribution is -0.0155. The van der Waals surface area contributed by atoms with E-state index in [1.54, 1.807) is 0 Å². The van der Waals surface area contributed by atoms with Crippen LogP contribution in [0.4, 0.5) is 0 Å². The van der Waals surface area contributed by atoms with Crippen molar-refractivity contribution >= 4 is 0 Å². The summed E-state index contributed by atoms with van der Waals surface area (Å²) >= 11 is 0. The lowest BCUT2D eigenvalue weighted by atomic mass is 9.88. The first kappa shape index (κ1) is 12.3. The van der Waals surface area contributed by atoms with Crippen molar-refractivity contribution in [3.63, 3.8) is 0 Å². The number of piperidine rings is 1. The minimum Gasteiger partial charge on any atom is -0.377 e. The Bertz CT molecular complexity index is 208. The van der Waals surface area contributed by atoms with Crippen LogP contribution in [0.2, 0.25) is 0 Å². The first-order valence-electron chi connectivity index (χ1n) is 6.92. The number of rotatable bonds is 3. The predicted molar refractivity (Wildman–Crippen MR) is 66.5 cm³/mol. The first-order valence-corrected chi connectivity index (χ1v) is 6.92. The number of nitrogens with zero attached hydrogens (tertiary/aromatic N) is 1. The molecule has 1 saturated heterocycles. The summed E-state index contributed by atoms with van der Waals surface area (Å²) in [6.07, 6.45) is 8.13. The third-order valence-corrected chi connectivity index (χ3v) is 4.06. The largest absolute Gasteiger partial charge is 0.377 e. The van der Waals surface area contributed by atoms with Crippen molar-refractivity contribution in [3.05, 3.63) is 0 Å². The smallest absolute Gasteiger partial charge is 0.0702 e. The zero-order valence-corrected chi connectivity index (χ0v) is 10.5. The minimum atomic E-state index is 0.397. The van der Waals surface area contributed by atoms with Gasteiger partial charge in [0.2, 0.25) is 0 Å². The average molecular weight is 226 g/mol. The fraction of sp³-hybridized carbons (Fsp3) is 1.00. The Morgan fingerprint density at radius 2 is 2.00 bits per heavy atom. The summed E-state index contributed by atoms with van der Waals surface area (Å²) in [7, 11) is 0. The standard InChI is InChI=1S/C13H26N2O/c1-2-16-11-6-5-9-15(10-11)13-8-4-3-7-12(13)14/h11-13H,2-10,14H2,1H3.